The van der Waals surface area contributed by atoms with Crippen LogP contribution in [0.2, 0.25) is 0 Å². The molecule has 0 aliphatic heterocycles. The summed E-state index contributed by atoms with van der Waals surface area (Å²) in [6.45, 7) is 0.386. The molecule has 13 heavy (non-hydrogen) atoms. The lowest BCUT2D eigenvalue weighted by Gasteiger charge is -1.93. The van der Waals surface area contributed by atoms with Crippen molar-refractivity contribution < 1.29 is 9.53 Å². The van der Waals surface area contributed by atoms with E-state index >= 15 is 0 Å². The summed E-state index contributed by atoms with van der Waals surface area (Å²) < 4.78 is 5.86. The van der Waals surface area contributed by atoms with Crippen molar-refractivity contribution in [1.82, 2.24) is 0 Å². The Labute approximate surface area is 89.0 Å². The Morgan fingerprint density at radius 1 is 1.77 bits per heavy atom. The van der Waals surface area contributed by atoms with Crippen LogP contribution in [0.15, 0.2) is 10.5 Å². The molecule has 0 bridgehead atoms. The Hall–Kier alpha value is -0.390. The lowest BCUT2D eigenvalue weighted by molar-refractivity contribution is 0.0989. The van der Waals surface area contributed by atoms with Crippen molar-refractivity contribution in [2.75, 3.05) is 13.7 Å². The van der Waals surface area contributed by atoms with Gasteiger partial charge in [-0.3, -0.25) is 4.79 Å². The number of thiophene rings is 1. The molecule has 5 heteroatoms. The Kier molecular flexibility index (Phi) is 3.90. The van der Waals surface area contributed by atoms with E-state index in [1.165, 1.54) is 11.3 Å². The van der Waals surface area contributed by atoms with Gasteiger partial charge >= 0.3 is 0 Å². The standard InChI is InChI=1S/C8H10BrNO2S/c1-12-8-5(9)4-7(13-8)6(11)2-3-10/h4H,2-3,10H2,1H3. The predicted octanol–water partition coefficient (Wildman–Crippen LogP) is 2.05. The zero-order valence-electron chi connectivity index (χ0n) is 7.17. The second-order valence-electron chi connectivity index (χ2n) is 2.41. The second-order valence-corrected chi connectivity index (χ2v) is 4.28. The molecule has 0 unspecified atom stereocenters. The van der Waals surface area contributed by atoms with E-state index in [1.807, 2.05) is 0 Å². The molecule has 0 spiro atoms. The third kappa shape index (κ3) is 2.52. The van der Waals surface area contributed by atoms with E-state index in [4.69, 9.17) is 10.5 Å². The fourth-order valence-corrected chi connectivity index (χ4v) is 2.50. The van der Waals surface area contributed by atoms with Crippen LogP contribution in [0.4, 0.5) is 0 Å². The van der Waals surface area contributed by atoms with Crippen LogP contribution in [-0.4, -0.2) is 19.4 Å². The monoisotopic (exact) mass is 263 g/mol. The Morgan fingerprint density at radius 2 is 2.46 bits per heavy atom. The minimum atomic E-state index is 0.0662. The molecule has 1 rings (SSSR count). The summed E-state index contributed by atoms with van der Waals surface area (Å²) in [4.78, 5) is 12.1. The van der Waals surface area contributed by atoms with E-state index in [-0.39, 0.29) is 5.78 Å². The number of ketones is 1. The van der Waals surface area contributed by atoms with Crippen molar-refractivity contribution in [3.63, 3.8) is 0 Å². The molecule has 72 valence electrons. The van der Waals surface area contributed by atoms with Crippen LogP contribution in [0, 0.1) is 0 Å². The summed E-state index contributed by atoms with van der Waals surface area (Å²) in [5, 5.41) is 0.723. The molecule has 0 atom stereocenters. The molecule has 0 amide bonds. The molecule has 0 aromatic carbocycles. The van der Waals surface area contributed by atoms with Crippen molar-refractivity contribution in [1.29, 1.82) is 0 Å². The Morgan fingerprint density at radius 3 is 2.92 bits per heavy atom. The second kappa shape index (κ2) is 4.74. The van der Waals surface area contributed by atoms with Gasteiger partial charge in [0.25, 0.3) is 0 Å². The van der Waals surface area contributed by atoms with E-state index in [9.17, 15) is 4.79 Å². The Balaban J connectivity index is 2.84. The van der Waals surface area contributed by atoms with Gasteiger partial charge in [-0.1, -0.05) is 11.3 Å². The van der Waals surface area contributed by atoms with E-state index in [1.54, 1.807) is 13.2 Å². The van der Waals surface area contributed by atoms with Gasteiger partial charge in [-0.25, -0.2) is 0 Å². The van der Waals surface area contributed by atoms with Gasteiger partial charge in [0.2, 0.25) is 0 Å². The molecule has 1 aromatic rings. The van der Waals surface area contributed by atoms with Gasteiger partial charge in [-0.15, -0.1) is 0 Å². The molecule has 0 radical (unpaired) electrons. The highest BCUT2D eigenvalue weighted by atomic mass is 79.9. The first-order chi connectivity index (χ1) is 6.19. The lowest BCUT2D eigenvalue weighted by atomic mass is 10.2. The normalized spacial score (nSPS) is 10.1. The maximum atomic E-state index is 11.4. The number of hydrogen-bond donors (Lipinski definition) is 1. The summed E-state index contributed by atoms with van der Waals surface area (Å²) in [5.41, 5.74) is 5.28. The van der Waals surface area contributed by atoms with Crippen LogP contribution in [0.1, 0.15) is 16.1 Å². The number of carbonyl (C=O) groups is 1. The molecular weight excluding hydrogens is 254 g/mol. The molecule has 0 saturated carbocycles. The first kappa shape index (κ1) is 10.7. The summed E-state index contributed by atoms with van der Waals surface area (Å²) >= 11 is 4.63. The number of ether oxygens (including phenoxy) is 1. The van der Waals surface area contributed by atoms with Gasteiger partial charge in [0.05, 0.1) is 16.5 Å². The van der Waals surface area contributed by atoms with Crippen molar-refractivity contribution in [2.24, 2.45) is 5.73 Å². The van der Waals surface area contributed by atoms with Gasteiger partial charge < -0.3 is 10.5 Å². The summed E-state index contributed by atoms with van der Waals surface area (Å²) in [6.07, 6.45) is 0.385. The fourth-order valence-electron chi connectivity index (χ4n) is 0.883. The topological polar surface area (TPSA) is 52.3 Å². The Bertz CT molecular complexity index is 311. The molecule has 2 N–H and O–H groups in total. The third-order valence-corrected chi connectivity index (χ3v) is 3.48. The smallest absolute Gasteiger partial charge is 0.188 e. The van der Waals surface area contributed by atoms with Crippen molar-refractivity contribution in [2.45, 2.75) is 6.42 Å². The maximum Gasteiger partial charge on any atom is 0.188 e. The molecular formula is C8H10BrNO2S. The SMILES string of the molecule is COc1sc(C(=O)CCN)cc1Br. The van der Waals surface area contributed by atoms with E-state index in [0.717, 1.165) is 9.54 Å². The van der Waals surface area contributed by atoms with Crippen LogP contribution in [0.3, 0.4) is 0 Å². The number of Topliss-reactive ketones (excluding diaryl/α,β-unsaturated/α-hetero) is 1. The minimum Gasteiger partial charge on any atom is -0.486 e. The van der Waals surface area contributed by atoms with Crippen LogP contribution >= 0.6 is 27.3 Å². The minimum absolute atomic E-state index is 0.0662. The number of methoxy groups -OCH3 is 1. The highest BCUT2D eigenvalue weighted by Gasteiger charge is 2.12. The number of halogens is 1. The molecule has 3 nitrogen and oxygen atoms in total. The molecule has 1 aromatic heterocycles. The first-order valence-electron chi connectivity index (χ1n) is 3.75. The molecule has 0 aliphatic carbocycles. The van der Waals surface area contributed by atoms with Crippen LogP contribution in [-0.2, 0) is 0 Å². The molecule has 0 fully saturated rings. The maximum absolute atomic E-state index is 11.4. The number of hydrogen-bond acceptors (Lipinski definition) is 4. The highest BCUT2D eigenvalue weighted by Crippen LogP contribution is 2.34. The quantitative estimate of drug-likeness (QED) is 0.847. The van der Waals surface area contributed by atoms with Gasteiger partial charge in [0, 0.05) is 6.42 Å². The average molecular weight is 264 g/mol. The molecule has 0 aliphatic rings. The van der Waals surface area contributed by atoms with Crippen molar-refractivity contribution >= 4 is 33.0 Å². The lowest BCUT2D eigenvalue weighted by Crippen LogP contribution is -2.06. The van der Waals surface area contributed by atoms with Gasteiger partial charge in [-0.05, 0) is 28.5 Å². The van der Waals surface area contributed by atoms with Crippen LogP contribution in [0.5, 0.6) is 5.06 Å². The number of carbonyl (C=O) groups excluding carboxylic acids is 1. The van der Waals surface area contributed by atoms with Gasteiger partial charge in [0.15, 0.2) is 10.8 Å². The largest absolute Gasteiger partial charge is 0.486 e. The molecule has 0 saturated heterocycles. The summed E-state index contributed by atoms with van der Waals surface area (Å²) in [5.74, 6) is 0.0662. The number of rotatable bonds is 4. The molecule has 1 heterocycles. The van der Waals surface area contributed by atoms with Crippen LogP contribution < -0.4 is 10.5 Å². The van der Waals surface area contributed by atoms with Gasteiger partial charge in [0.1, 0.15) is 0 Å². The third-order valence-electron chi connectivity index (χ3n) is 1.49. The van der Waals surface area contributed by atoms with Crippen molar-refractivity contribution in [3.8, 4) is 5.06 Å². The first-order valence-corrected chi connectivity index (χ1v) is 5.36. The predicted molar refractivity (Wildman–Crippen MR) is 56.6 cm³/mol. The van der Waals surface area contributed by atoms with E-state index in [2.05, 4.69) is 15.9 Å². The highest BCUT2D eigenvalue weighted by molar-refractivity contribution is 9.10. The summed E-state index contributed by atoms with van der Waals surface area (Å²) in [6, 6.07) is 1.77. The zero-order chi connectivity index (χ0) is 9.84. The van der Waals surface area contributed by atoms with Crippen LogP contribution in [0.25, 0.3) is 0 Å². The van der Waals surface area contributed by atoms with E-state index in [0.29, 0.717) is 17.8 Å². The van der Waals surface area contributed by atoms with Crippen molar-refractivity contribution in [3.05, 3.63) is 15.4 Å². The fraction of sp³-hybridized carbons (Fsp3) is 0.375. The van der Waals surface area contributed by atoms with Gasteiger partial charge in [-0.2, -0.15) is 0 Å². The summed E-state index contributed by atoms with van der Waals surface area (Å²) in [7, 11) is 1.58. The number of nitrogens with two attached hydrogens (primary N) is 1. The van der Waals surface area contributed by atoms with E-state index < -0.39 is 0 Å². The zero-order valence-corrected chi connectivity index (χ0v) is 9.57. The average Bonchev–Trinajstić information content (AvgIpc) is 2.47.